The van der Waals surface area contributed by atoms with Crippen LogP contribution in [0, 0.1) is 11.3 Å². The van der Waals surface area contributed by atoms with Crippen molar-refractivity contribution in [3.05, 3.63) is 47.0 Å². The van der Waals surface area contributed by atoms with Gasteiger partial charge in [0.05, 0.1) is 11.4 Å². The van der Waals surface area contributed by atoms with Gasteiger partial charge in [-0.3, -0.25) is 14.5 Å². The van der Waals surface area contributed by atoms with Crippen molar-refractivity contribution in [1.29, 1.82) is 5.26 Å². The molecule has 2 aromatic rings. The van der Waals surface area contributed by atoms with E-state index in [-0.39, 0.29) is 23.4 Å². The van der Waals surface area contributed by atoms with Gasteiger partial charge in [-0.2, -0.15) is 5.26 Å². The van der Waals surface area contributed by atoms with Gasteiger partial charge in [0.1, 0.15) is 11.6 Å². The summed E-state index contributed by atoms with van der Waals surface area (Å²) in [4.78, 5) is 29.9. The Labute approximate surface area is 149 Å². The van der Waals surface area contributed by atoms with E-state index in [2.05, 4.69) is 10.3 Å². The average Bonchev–Trinajstić information content (AvgIpc) is 3.30. The zero-order valence-electron chi connectivity index (χ0n) is 13.6. The van der Waals surface area contributed by atoms with Crippen molar-refractivity contribution >= 4 is 40.0 Å². The highest BCUT2D eigenvalue weighted by Crippen LogP contribution is 2.29. The molecule has 0 radical (unpaired) electrons. The predicted octanol–water partition coefficient (Wildman–Crippen LogP) is 3.01. The number of carbonyl (C=O) groups excluding carboxylic acids is 2. The first-order valence-electron chi connectivity index (χ1n) is 7.82. The zero-order valence-corrected chi connectivity index (χ0v) is 14.4. The fraction of sp³-hybridized carbons (Fsp3) is 0.222. The van der Waals surface area contributed by atoms with Gasteiger partial charge in [0.15, 0.2) is 5.13 Å². The van der Waals surface area contributed by atoms with Crippen molar-refractivity contribution in [1.82, 2.24) is 10.3 Å². The summed E-state index contributed by atoms with van der Waals surface area (Å²) < 4.78 is 0. The maximum absolute atomic E-state index is 12.0. The minimum atomic E-state index is -0.383. The van der Waals surface area contributed by atoms with Gasteiger partial charge in [0.25, 0.3) is 5.91 Å². The van der Waals surface area contributed by atoms with E-state index >= 15 is 0 Å². The van der Waals surface area contributed by atoms with Gasteiger partial charge in [-0.25, -0.2) is 4.98 Å². The third kappa shape index (κ3) is 4.11. The van der Waals surface area contributed by atoms with Crippen LogP contribution in [0.5, 0.6) is 0 Å². The molecule has 1 aliphatic rings. The fourth-order valence-electron chi connectivity index (χ4n) is 2.24. The summed E-state index contributed by atoms with van der Waals surface area (Å²) in [5, 5.41) is 14.2. The average molecular weight is 352 g/mol. The lowest BCUT2D eigenvalue weighted by Crippen LogP contribution is -2.26. The summed E-state index contributed by atoms with van der Waals surface area (Å²) >= 11 is 1.28. The molecule has 0 atom stereocenters. The molecule has 6 nitrogen and oxygen atoms in total. The normalized spacial score (nSPS) is 13.8. The second-order valence-corrected chi connectivity index (χ2v) is 6.50. The first-order valence-corrected chi connectivity index (χ1v) is 8.70. The van der Waals surface area contributed by atoms with Gasteiger partial charge in [0, 0.05) is 18.3 Å². The molecule has 0 bridgehead atoms. The summed E-state index contributed by atoms with van der Waals surface area (Å²) in [5.41, 5.74) is 1.20. The minimum absolute atomic E-state index is 0.0119. The molecule has 0 spiro atoms. The molecule has 0 aliphatic heterocycles. The Morgan fingerprint density at radius 2 is 2.08 bits per heavy atom. The number of hydrogen-bond donors (Lipinski definition) is 1. The number of amides is 2. The standard InChI is InChI=1S/C18H16N4O2S/c1-12(23)22(16-5-3-2-4-6-16)18-21-15(11-25-18)9-13(10-19)17(24)20-14-7-8-14/h2-6,9,11,14H,7-8H2,1H3,(H,20,24). The van der Waals surface area contributed by atoms with Gasteiger partial charge < -0.3 is 5.32 Å². The fourth-order valence-corrected chi connectivity index (χ4v) is 3.08. The van der Waals surface area contributed by atoms with E-state index in [0.717, 1.165) is 12.8 Å². The van der Waals surface area contributed by atoms with Crippen molar-refractivity contribution in [3.8, 4) is 6.07 Å². The molecule has 7 heteroatoms. The maximum atomic E-state index is 12.0. The molecule has 126 valence electrons. The molecule has 3 rings (SSSR count). The summed E-state index contributed by atoms with van der Waals surface area (Å²) in [6.07, 6.45) is 3.35. The van der Waals surface area contributed by atoms with Gasteiger partial charge in [0.2, 0.25) is 5.91 Å². The summed E-state index contributed by atoms with van der Waals surface area (Å²) in [6.45, 7) is 1.47. The molecule has 1 heterocycles. The van der Waals surface area contributed by atoms with Crippen LogP contribution in [-0.4, -0.2) is 22.8 Å². The van der Waals surface area contributed by atoms with Gasteiger partial charge in [-0.05, 0) is 31.1 Å². The molecule has 1 N–H and O–H groups in total. The highest BCUT2D eigenvalue weighted by atomic mass is 32.1. The van der Waals surface area contributed by atoms with E-state index in [4.69, 9.17) is 0 Å². The Morgan fingerprint density at radius 3 is 2.68 bits per heavy atom. The van der Waals surface area contributed by atoms with Crippen molar-refractivity contribution < 1.29 is 9.59 Å². The SMILES string of the molecule is CC(=O)N(c1ccccc1)c1nc(C=C(C#N)C(=O)NC2CC2)cs1. The molecule has 1 fully saturated rings. The number of anilines is 2. The summed E-state index contributed by atoms with van der Waals surface area (Å²) in [7, 11) is 0. The first kappa shape index (κ1) is 16.9. The van der Waals surface area contributed by atoms with Crippen LogP contribution < -0.4 is 10.2 Å². The van der Waals surface area contributed by atoms with Crippen LogP contribution in [0.15, 0.2) is 41.3 Å². The number of rotatable bonds is 5. The molecule has 1 saturated carbocycles. The molecule has 2 amide bonds. The Bertz CT molecular complexity index is 863. The minimum Gasteiger partial charge on any atom is -0.349 e. The molecular formula is C18H16N4O2S. The largest absolute Gasteiger partial charge is 0.349 e. The topological polar surface area (TPSA) is 86.1 Å². The van der Waals surface area contributed by atoms with E-state index in [1.165, 1.54) is 29.2 Å². The first-order chi connectivity index (χ1) is 12.1. The zero-order chi connectivity index (χ0) is 17.8. The van der Waals surface area contributed by atoms with E-state index in [1.807, 2.05) is 36.4 Å². The van der Waals surface area contributed by atoms with E-state index in [0.29, 0.717) is 16.5 Å². The van der Waals surface area contributed by atoms with Gasteiger partial charge >= 0.3 is 0 Å². The van der Waals surface area contributed by atoms with Crippen LogP contribution in [0.3, 0.4) is 0 Å². The van der Waals surface area contributed by atoms with Crippen LogP contribution in [0.4, 0.5) is 10.8 Å². The quantitative estimate of drug-likeness (QED) is 0.662. The highest BCUT2D eigenvalue weighted by Gasteiger charge is 2.25. The maximum Gasteiger partial charge on any atom is 0.262 e. The Hall–Kier alpha value is -2.98. The van der Waals surface area contributed by atoms with Crippen molar-refractivity contribution in [2.24, 2.45) is 0 Å². The van der Waals surface area contributed by atoms with Crippen molar-refractivity contribution in [2.75, 3.05) is 4.90 Å². The monoisotopic (exact) mass is 352 g/mol. The predicted molar refractivity (Wildman–Crippen MR) is 96.1 cm³/mol. The lowest BCUT2D eigenvalue weighted by Gasteiger charge is -2.17. The number of aromatic nitrogens is 1. The third-order valence-corrected chi connectivity index (χ3v) is 4.44. The number of hydrogen-bond acceptors (Lipinski definition) is 5. The molecule has 25 heavy (non-hydrogen) atoms. The Morgan fingerprint density at radius 1 is 1.36 bits per heavy atom. The smallest absolute Gasteiger partial charge is 0.262 e. The number of nitrogens with one attached hydrogen (secondary N) is 1. The second-order valence-electron chi connectivity index (χ2n) is 5.66. The highest BCUT2D eigenvalue weighted by molar-refractivity contribution is 7.14. The van der Waals surface area contributed by atoms with Crippen LogP contribution in [0.1, 0.15) is 25.5 Å². The molecule has 0 unspecified atom stereocenters. The number of nitriles is 1. The molecule has 1 aliphatic carbocycles. The Balaban J connectivity index is 1.85. The van der Waals surface area contributed by atoms with Crippen LogP contribution in [0.2, 0.25) is 0 Å². The second kappa shape index (κ2) is 7.28. The number of para-hydroxylation sites is 1. The molecule has 1 aromatic heterocycles. The lowest BCUT2D eigenvalue weighted by molar-refractivity contribution is -0.117. The third-order valence-electron chi connectivity index (χ3n) is 3.60. The van der Waals surface area contributed by atoms with Crippen LogP contribution >= 0.6 is 11.3 Å². The van der Waals surface area contributed by atoms with Crippen molar-refractivity contribution in [2.45, 2.75) is 25.8 Å². The molecule has 1 aromatic carbocycles. The van der Waals surface area contributed by atoms with Crippen LogP contribution in [0.25, 0.3) is 6.08 Å². The Kier molecular flexibility index (Phi) is 4.91. The van der Waals surface area contributed by atoms with Crippen LogP contribution in [-0.2, 0) is 9.59 Å². The van der Waals surface area contributed by atoms with Gasteiger partial charge in [-0.15, -0.1) is 11.3 Å². The summed E-state index contributed by atoms with van der Waals surface area (Å²) in [6, 6.07) is 11.3. The van der Waals surface area contributed by atoms with E-state index in [1.54, 1.807) is 5.38 Å². The number of carbonyl (C=O) groups is 2. The number of nitrogens with zero attached hydrogens (tertiary/aromatic N) is 3. The van der Waals surface area contributed by atoms with E-state index < -0.39 is 0 Å². The molecule has 0 saturated heterocycles. The number of benzene rings is 1. The van der Waals surface area contributed by atoms with E-state index in [9.17, 15) is 14.9 Å². The molecular weight excluding hydrogens is 336 g/mol. The van der Waals surface area contributed by atoms with Gasteiger partial charge in [-0.1, -0.05) is 18.2 Å². The van der Waals surface area contributed by atoms with Crippen molar-refractivity contribution in [3.63, 3.8) is 0 Å². The lowest BCUT2D eigenvalue weighted by atomic mass is 10.2. The summed E-state index contributed by atoms with van der Waals surface area (Å²) in [5.74, 6) is -0.547. The number of thiazole rings is 1.